The van der Waals surface area contributed by atoms with Crippen LogP contribution in [0.25, 0.3) is 6.08 Å². The van der Waals surface area contributed by atoms with E-state index in [4.69, 9.17) is 19.0 Å². The fourth-order valence-electron chi connectivity index (χ4n) is 7.35. The average molecular weight is 628 g/mol. The average Bonchev–Trinajstić information content (AvgIpc) is 3.58. The lowest BCUT2D eigenvalue weighted by molar-refractivity contribution is -0.224. The van der Waals surface area contributed by atoms with Crippen LogP contribution >= 0.6 is 0 Å². The number of ether oxygens (including phenoxy) is 3. The van der Waals surface area contributed by atoms with Crippen LogP contribution in [-0.4, -0.2) is 96.3 Å². The summed E-state index contributed by atoms with van der Waals surface area (Å²) in [6, 6.07) is 6.53. The van der Waals surface area contributed by atoms with Crippen LogP contribution in [0.5, 0.6) is 0 Å². The highest BCUT2D eigenvalue weighted by atomic mass is 16.8. The Hall–Kier alpha value is -2.83. The minimum Gasteiger partial charge on any atom is -0.458 e. The molecule has 0 radical (unpaired) electrons. The number of aliphatic hydroxyl groups excluding tert-OH is 1. The van der Waals surface area contributed by atoms with Gasteiger partial charge in [-0.2, -0.15) is 5.06 Å². The van der Waals surface area contributed by atoms with Gasteiger partial charge in [-0.05, 0) is 30.0 Å². The molecule has 3 aliphatic heterocycles. The first-order valence-corrected chi connectivity index (χ1v) is 16.6. The Morgan fingerprint density at radius 1 is 1.07 bits per heavy atom. The van der Waals surface area contributed by atoms with E-state index in [2.05, 4.69) is 19.2 Å². The van der Waals surface area contributed by atoms with Crippen molar-refractivity contribution in [1.82, 2.24) is 15.3 Å². The summed E-state index contributed by atoms with van der Waals surface area (Å²) in [7, 11) is 3.37. The largest absolute Gasteiger partial charge is 0.458 e. The number of fused-ring (bicyclic) bond motifs is 4. The van der Waals surface area contributed by atoms with Crippen molar-refractivity contribution in [2.75, 3.05) is 27.2 Å². The van der Waals surface area contributed by atoms with Gasteiger partial charge in [-0.15, -0.1) is 0 Å². The Bertz CT molecular complexity index is 1240. The number of nitrogens with zero attached hydrogens (tertiary/aromatic N) is 2. The molecule has 4 fully saturated rings. The molecular formula is C34H49N3O8. The van der Waals surface area contributed by atoms with Gasteiger partial charge in [0.05, 0.1) is 13.2 Å². The lowest BCUT2D eigenvalue weighted by Gasteiger charge is -2.48. The van der Waals surface area contributed by atoms with E-state index in [1.807, 2.05) is 24.3 Å². The summed E-state index contributed by atoms with van der Waals surface area (Å²) in [6.07, 6.45) is 8.36. The quantitative estimate of drug-likeness (QED) is 0.171. The molecule has 1 aromatic rings. The Kier molecular flexibility index (Phi) is 10.7. The van der Waals surface area contributed by atoms with E-state index < -0.39 is 47.6 Å². The topological polar surface area (TPSA) is 127 Å². The highest BCUT2D eigenvalue weighted by Gasteiger charge is 2.76. The molecule has 3 saturated heterocycles. The zero-order chi connectivity index (χ0) is 32.2. The second-order valence-electron chi connectivity index (χ2n) is 13.0. The number of carbonyl (C=O) groups excluding carboxylic acids is 3. The molecule has 0 unspecified atom stereocenters. The molecule has 0 aromatic heterocycles. The smallest absolute Gasteiger partial charge is 0.327 e. The molecular weight excluding hydrogens is 578 g/mol. The first kappa shape index (κ1) is 33.5. The summed E-state index contributed by atoms with van der Waals surface area (Å²) in [6.45, 7) is 4.31. The number of hydroxylamine groups is 2. The Labute approximate surface area is 266 Å². The van der Waals surface area contributed by atoms with Crippen molar-refractivity contribution in [3.8, 4) is 0 Å². The number of amides is 2. The number of unbranched alkanes of at least 4 members (excludes halogenated alkanes) is 4. The second kappa shape index (κ2) is 14.3. The van der Waals surface area contributed by atoms with Gasteiger partial charge in [0.25, 0.3) is 0 Å². The lowest BCUT2D eigenvalue weighted by Crippen LogP contribution is -2.69. The van der Waals surface area contributed by atoms with Crippen LogP contribution in [0.1, 0.15) is 82.8 Å². The SMILES string of the molecule is CCCCCC1(CCCCC)O[C@@H]2[C@H](O1)[C@H]1ON(Cc3ccccc3C=CC(=O)N(C)C)[C@@H]3C(=O)O[C@@H]2C[C@]13C(=O)NCCO. The molecule has 2 amide bonds. The Balaban J connectivity index is 1.50. The first-order valence-electron chi connectivity index (χ1n) is 16.6. The first-order chi connectivity index (χ1) is 21.7. The molecule has 1 aromatic carbocycles. The molecule has 11 nitrogen and oxygen atoms in total. The number of hydrogen-bond donors (Lipinski definition) is 2. The molecule has 2 N–H and O–H groups in total. The van der Waals surface area contributed by atoms with Crippen LogP contribution in [0.4, 0.5) is 0 Å². The van der Waals surface area contributed by atoms with Gasteiger partial charge in [-0.25, -0.2) is 0 Å². The third-order valence-corrected chi connectivity index (χ3v) is 9.62. The molecule has 4 aliphatic rings. The fraction of sp³-hybridized carbons (Fsp3) is 0.676. The summed E-state index contributed by atoms with van der Waals surface area (Å²) < 4.78 is 19.7. The molecule has 45 heavy (non-hydrogen) atoms. The van der Waals surface area contributed by atoms with Crippen LogP contribution in [0.2, 0.25) is 0 Å². The van der Waals surface area contributed by atoms with Crippen molar-refractivity contribution < 1.29 is 38.5 Å². The van der Waals surface area contributed by atoms with E-state index in [0.29, 0.717) is 12.8 Å². The lowest BCUT2D eigenvalue weighted by atomic mass is 9.62. The predicted molar refractivity (Wildman–Crippen MR) is 166 cm³/mol. The van der Waals surface area contributed by atoms with E-state index in [9.17, 15) is 19.5 Å². The van der Waals surface area contributed by atoms with Crippen LogP contribution in [0.15, 0.2) is 30.3 Å². The van der Waals surface area contributed by atoms with Gasteiger partial charge in [0.1, 0.15) is 29.8 Å². The van der Waals surface area contributed by atoms with Crippen molar-refractivity contribution in [2.24, 2.45) is 5.41 Å². The van der Waals surface area contributed by atoms with Crippen LogP contribution in [0.3, 0.4) is 0 Å². The summed E-state index contributed by atoms with van der Waals surface area (Å²) >= 11 is 0. The Morgan fingerprint density at radius 3 is 2.42 bits per heavy atom. The van der Waals surface area contributed by atoms with E-state index in [-0.39, 0.29) is 37.9 Å². The van der Waals surface area contributed by atoms with Crippen LogP contribution < -0.4 is 5.32 Å². The summed E-state index contributed by atoms with van der Waals surface area (Å²) in [5.41, 5.74) is 0.304. The van der Waals surface area contributed by atoms with E-state index in [1.165, 1.54) is 11.0 Å². The van der Waals surface area contributed by atoms with E-state index in [1.54, 1.807) is 25.2 Å². The number of aliphatic hydroxyl groups is 1. The van der Waals surface area contributed by atoms with Crippen molar-refractivity contribution in [3.05, 3.63) is 41.5 Å². The van der Waals surface area contributed by atoms with E-state index in [0.717, 1.165) is 49.7 Å². The monoisotopic (exact) mass is 627 g/mol. The number of likely N-dealkylation sites (N-methyl/N-ethyl adjacent to an activating group) is 1. The van der Waals surface area contributed by atoms with Gasteiger partial charge in [-0.3, -0.25) is 19.2 Å². The molecule has 2 bridgehead atoms. The number of rotatable bonds is 15. The molecule has 6 atom stereocenters. The normalized spacial score (nSPS) is 29.9. The van der Waals surface area contributed by atoms with E-state index >= 15 is 0 Å². The standard InChI is InChI=1S/C34H49N3O8/c1-5-7-11-17-33(18-12-8-6-2)43-27-25-21-34(32(41)35-19-20-38)29(31(40)42-25)37(45-30(34)28(27)44-33)22-24-14-10-9-13-23(24)15-16-26(39)36(3)4/h9-10,13-16,25,27-30,38H,5-8,11-12,17-22H2,1-4H3,(H,35,41)/t25-,27+,28+,29-,30-,34-/m1/s1. The fourth-order valence-corrected chi connectivity index (χ4v) is 7.35. The number of nitrogens with one attached hydrogen (secondary N) is 1. The maximum absolute atomic E-state index is 14.1. The minimum atomic E-state index is -1.30. The number of esters is 1. The molecule has 0 spiro atoms. The number of benzene rings is 1. The van der Waals surface area contributed by atoms with Gasteiger partial charge in [0.2, 0.25) is 11.8 Å². The molecule has 1 aliphatic carbocycles. The second-order valence-corrected chi connectivity index (χ2v) is 13.0. The van der Waals surface area contributed by atoms with Gasteiger partial charge < -0.3 is 29.5 Å². The third-order valence-electron chi connectivity index (χ3n) is 9.62. The molecule has 1 saturated carbocycles. The Morgan fingerprint density at radius 2 is 1.76 bits per heavy atom. The highest BCUT2D eigenvalue weighted by molar-refractivity contribution is 5.94. The maximum Gasteiger partial charge on any atom is 0.327 e. The number of hydrogen-bond acceptors (Lipinski definition) is 9. The highest BCUT2D eigenvalue weighted by Crippen LogP contribution is 2.58. The van der Waals surface area contributed by atoms with Crippen molar-refractivity contribution in [2.45, 2.75) is 114 Å². The molecule has 11 heteroatoms. The zero-order valence-electron chi connectivity index (χ0n) is 27.0. The van der Waals surface area contributed by atoms with Gasteiger partial charge in [0.15, 0.2) is 11.8 Å². The van der Waals surface area contributed by atoms with Crippen molar-refractivity contribution in [3.63, 3.8) is 0 Å². The van der Waals surface area contributed by atoms with Gasteiger partial charge in [0, 0.05) is 46.0 Å². The zero-order valence-corrected chi connectivity index (χ0v) is 27.0. The summed E-state index contributed by atoms with van der Waals surface area (Å²) in [4.78, 5) is 48.4. The van der Waals surface area contributed by atoms with Crippen molar-refractivity contribution in [1.29, 1.82) is 0 Å². The molecule has 248 valence electrons. The molecule has 5 rings (SSSR count). The van der Waals surface area contributed by atoms with Crippen LogP contribution in [0, 0.1) is 5.41 Å². The van der Waals surface area contributed by atoms with Crippen LogP contribution in [-0.2, 0) is 40.0 Å². The summed E-state index contributed by atoms with van der Waals surface area (Å²) in [5, 5.41) is 13.9. The van der Waals surface area contributed by atoms with Gasteiger partial charge in [-0.1, -0.05) is 63.8 Å². The summed E-state index contributed by atoms with van der Waals surface area (Å²) in [5.74, 6) is -1.90. The third kappa shape index (κ3) is 6.55. The predicted octanol–water partition coefficient (Wildman–Crippen LogP) is 3.34. The number of carbonyl (C=O) groups is 3. The molecule has 3 heterocycles. The minimum absolute atomic E-state index is 0.0523. The van der Waals surface area contributed by atoms with Gasteiger partial charge >= 0.3 is 5.97 Å². The maximum atomic E-state index is 14.1. The van der Waals surface area contributed by atoms with Crippen molar-refractivity contribution >= 4 is 23.9 Å².